The molecule has 0 amide bonds. The van der Waals surface area contributed by atoms with Gasteiger partial charge in [-0.3, -0.25) is 0 Å². The molecule has 102 valence electrons. The molecule has 6 heteroatoms. The molecule has 0 saturated carbocycles. The summed E-state index contributed by atoms with van der Waals surface area (Å²) >= 11 is 3.41. The van der Waals surface area contributed by atoms with E-state index in [1.165, 1.54) is 0 Å². The highest BCUT2D eigenvalue weighted by Crippen LogP contribution is 2.13. The van der Waals surface area contributed by atoms with Crippen molar-refractivity contribution in [1.29, 1.82) is 0 Å². The average molecular weight is 324 g/mol. The van der Waals surface area contributed by atoms with Crippen LogP contribution in [0, 0.1) is 5.92 Å². The van der Waals surface area contributed by atoms with Crippen molar-refractivity contribution in [3.63, 3.8) is 0 Å². The summed E-state index contributed by atoms with van der Waals surface area (Å²) < 4.78 is 2.76. The number of halogens is 1. The summed E-state index contributed by atoms with van der Waals surface area (Å²) in [7, 11) is 0. The molecule has 0 bridgehead atoms. The quantitative estimate of drug-likeness (QED) is 0.887. The minimum Gasteiger partial charge on any atom is -0.368 e. The molecule has 0 fully saturated rings. The van der Waals surface area contributed by atoms with E-state index in [4.69, 9.17) is 5.73 Å². The third kappa shape index (κ3) is 3.96. The van der Waals surface area contributed by atoms with Crippen LogP contribution >= 0.6 is 15.9 Å². The summed E-state index contributed by atoms with van der Waals surface area (Å²) in [6.45, 7) is 5.72. The number of nitrogens with two attached hydrogens (primary N) is 1. The molecule has 2 rings (SSSR count). The molecular formula is C13H18BrN5. The zero-order valence-corrected chi connectivity index (χ0v) is 12.7. The predicted molar refractivity (Wildman–Crippen MR) is 81.0 cm³/mol. The average Bonchev–Trinajstić information content (AvgIpc) is 2.71. The first kappa shape index (κ1) is 13.9. The Bertz CT molecular complexity index is 532. The van der Waals surface area contributed by atoms with E-state index in [0.29, 0.717) is 24.4 Å². The van der Waals surface area contributed by atoms with Crippen molar-refractivity contribution >= 4 is 27.8 Å². The van der Waals surface area contributed by atoms with Crippen LogP contribution in [0.15, 0.2) is 28.7 Å². The first-order valence-corrected chi connectivity index (χ1v) is 7.02. The van der Waals surface area contributed by atoms with Crippen molar-refractivity contribution < 1.29 is 0 Å². The molecule has 0 aliphatic carbocycles. The highest BCUT2D eigenvalue weighted by molar-refractivity contribution is 9.10. The molecule has 0 atom stereocenters. The minimum absolute atomic E-state index is 0.425. The molecule has 0 aliphatic rings. The molecular weight excluding hydrogens is 306 g/mol. The molecule has 1 aromatic heterocycles. The molecule has 19 heavy (non-hydrogen) atoms. The van der Waals surface area contributed by atoms with Crippen LogP contribution in [0.5, 0.6) is 0 Å². The molecule has 1 aromatic carbocycles. The summed E-state index contributed by atoms with van der Waals surface area (Å²) in [4.78, 5) is 4.21. The molecule has 5 nitrogen and oxygen atoms in total. The summed E-state index contributed by atoms with van der Waals surface area (Å²) in [5.41, 5.74) is 7.00. The SMILES string of the molecule is CC(C)CNc1nc(N)n(Cc2ccc(Br)cc2)n1. The van der Waals surface area contributed by atoms with Gasteiger partial charge in [-0.1, -0.05) is 41.9 Å². The highest BCUT2D eigenvalue weighted by atomic mass is 79.9. The van der Waals surface area contributed by atoms with Gasteiger partial charge in [0.25, 0.3) is 0 Å². The Morgan fingerprint density at radius 2 is 2.00 bits per heavy atom. The number of nitrogens with one attached hydrogen (secondary N) is 1. The smallest absolute Gasteiger partial charge is 0.243 e. The van der Waals surface area contributed by atoms with Crippen LogP contribution < -0.4 is 11.1 Å². The predicted octanol–water partition coefficient (Wildman–Crippen LogP) is 2.74. The van der Waals surface area contributed by atoms with E-state index in [1.54, 1.807) is 4.68 Å². The number of benzene rings is 1. The number of rotatable bonds is 5. The van der Waals surface area contributed by atoms with E-state index in [2.05, 4.69) is 45.2 Å². The Kier molecular flexibility index (Phi) is 4.42. The topological polar surface area (TPSA) is 68.8 Å². The van der Waals surface area contributed by atoms with E-state index in [-0.39, 0.29) is 0 Å². The van der Waals surface area contributed by atoms with Gasteiger partial charge < -0.3 is 11.1 Å². The molecule has 1 heterocycles. The standard InChI is InChI=1S/C13H18BrN5/c1-9(2)7-16-13-17-12(15)19(18-13)8-10-3-5-11(14)6-4-10/h3-6,9H,7-8H2,1-2H3,(H3,15,16,17,18). The van der Waals surface area contributed by atoms with E-state index >= 15 is 0 Å². The van der Waals surface area contributed by atoms with Gasteiger partial charge in [0.15, 0.2) is 0 Å². The molecule has 3 N–H and O–H groups in total. The fourth-order valence-electron chi connectivity index (χ4n) is 1.60. The first-order chi connectivity index (χ1) is 9.04. The summed E-state index contributed by atoms with van der Waals surface area (Å²) in [6.07, 6.45) is 0. The number of hydrogen-bond acceptors (Lipinski definition) is 4. The summed E-state index contributed by atoms with van der Waals surface area (Å²) in [6, 6.07) is 8.07. The second-order valence-electron chi connectivity index (χ2n) is 4.85. The van der Waals surface area contributed by atoms with E-state index < -0.39 is 0 Å². The lowest BCUT2D eigenvalue weighted by atomic mass is 10.2. The van der Waals surface area contributed by atoms with Gasteiger partial charge in [-0.2, -0.15) is 4.98 Å². The Balaban J connectivity index is 2.06. The molecule has 0 saturated heterocycles. The maximum Gasteiger partial charge on any atom is 0.243 e. The van der Waals surface area contributed by atoms with E-state index in [1.807, 2.05) is 24.3 Å². The second-order valence-corrected chi connectivity index (χ2v) is 5.77. The van der Waals surface area contributed by atoms with Gasteiger partial charge in [-0.05, 0) is 23.6 Å². The van der Waals surface area contributed by atoms with E-state index in [9.17, 15) is 0 Å². The summed E-state index contributed by atoms with van der Waals surface area (Å²) in [5, 5.41) is 7.53. The van der Waals surface area contributed by atoms with Gasteiger partial charge in [0.1, 0.15) is 0 Å². The Morgan fingerprint density at radius 1 is 1.32 bits per heavy atom. The highest BCUT2D eigenvalue weighted by Gasteiger charge is 2.07. The first-order valence-electron chi connectivity index (χ1n) is 6.23. The van der Waals surface area contributed by atoms with Crippen molar-refractivity contribution in [3.8, 4) is 0 Å². The van der Waals surface area contributed by atoms with Gasteiger partial charge in [0, 0.05) is 11.0 Å². The Morgan fingerprint density at radius 3 is 2.63 bits per heavy atom. The number of hydrogen-bond donors (Lipinski definition) is 2. The van der Waals surface area contributed by atoms with Crippen molar-refractivity contribution in [2.75, 3.05) is 17.6 Å². The van der Waals surface area contributed by atoms with Crippen LogP contribution in [0.25, 0.3) is 0 Å². The number of nitrogens with zero attached hydrogens (tertiary/aromatic N) is 3. The lowest BCUT2D eigenvalue weighted by Crippen LogP contribution is -2.10. The summed E-state index contributed by atoms with van der Waals surface area (Å²) in [5.74, 6) is 1.55. The van der Waals surface area contributed by atoms with Gasteiger partial charge in [-0.25, -0.2) is 4.68 Å². The zero-order chi connectivity index (χ0) is 13.8. The normalized spacial score (nSPS) is 10.9. The van der Waals surface area contributed by atoms with Crippen molar-refractivity contribution in [1.82, 2.24) is 14.8 Å². The molecule has 0 unspecified atom stereocenters. The largest absolute Gasteiger partial charge is 0.368 e. The van der Waals surface area contributed by atoms with Crippen molar-refractivity contribution in [2.45, 2.75) is 20.4 Å². The number of anilines is 2. The third-order valence-corrected chi connectivity index (χ3v) is 3.14. The fraction of sp³-hybridized carbons (Fsp3) is 0.385. The maximum absolute atomic E-state index is 5.87. The third-order valence-electron chi connectivity index (χ3n) is 2.61. The second kappa shape index (κ2) is 6.06. The zero-order valence-electron chi connectivity index (χ0n) is 11.1. The molecule has 0 radical (unpaired) electrons. The molecule has 0 aliphatic heterocycles. The van der Waals surface area contributed by atoms with Crippen LogP contribution in [0.2, 0.25) is 0 Å². The molecule has 2 aromatic rings. The maximum atomic E-state index is 5.87. The number of nitrogen functional groups attached to an aromatic ring is 1. The molecule has 0 spiro atoms. The van der Waals surface area contributed by atoms with Crippen LogP contribution in [-0.4, -0.2) is 21.3 Å². The van der Waals surface area contributed by atoms with Crippen LogP contribution in [0.1, 0.15) is 19.4 Å². The lowest BCUT2D eigenvalue weighted by molar-refractivity contribution is 0.673. The minimum atomic E-state index is 0.425. The van der Waals surface area contributed by atoms with Gasteiger partial charge in [-0.15, -0.1) is 5.10 Å². The van der Waals surface area contributed by atoms with Crippen molar-refractivity contribution in [3.05, 3.63) is 34.3 Å². The van der Waals surface area contributed by atoms with Gasteiger partial charge in [0.05, 0.1) is 6.54 Å². The van der Waals surface area contributed by atoms with Crippen LogP contribution in [0.4, 0.5) is 11.9 Å². The van der Waals surface area contributed by atoms with E-state index in [0.717, 1.165) is 16.6 Å². The van der Waals surface area contributed by atoms with Crippen molar-refractivity contribution in [2.24, 2.45) is 5.92 Å². The number of aromatic nitrogens is 3. The van der Waals surface area contributed by atoms with Crippen LogP contribution in [0.3, 0.4) is 0 Å². The monoisotopic (exact) mass is 323 g/mol. The van der Waals surface area contributed by atoms with Gasteiger partial charge in [0.2, 0.25) is 11.9 Å². The Hall–Kier alpha value is -1.56. The fourth-order valence-corrected chi connectivity index (χ4v) is 1.87. The van der Waals surface area contributed by atoms with Crippen LogP contribution in [-0.2, 0) is 6.54 Å². The Labute approximate surface area is 121 Å². The lowest BCUT2D eigenvalue weighted by Gasteiger charge is -2.04. The van der Waals surface area contributed by atoms with Gasteiger partial charge >= 0.3 is 0 Å².